The van der Waals surface area contributed by atoms with Crippen LogP contribution in [0.25, 0.3) is 0 Å². The molecule has 5 nitrogen and oxygen atoms in total. The molecule has 2 aromatic rings. The van der Waals surface area contributed by atoms with Crippen LogP contribution in [0.5, 0.6) is 11.5 Å². The van der Waals surface area contributed by atoms with Crippen molar-refractivity contribution in [2.75, 3.05) is 27.9 Å². The summed E-state index contributed by atoms with van der Waals surface area (Å²) in [4.78, 5) is 14.5. The molecular formula is C29H44O5SSi. The summed E-state index contributed by atoms with van der Waals surface area (Å²) >= 11 is 1.54. The Balaban J connectivity index is 2.30. The third-order valence-corrected chi connectivity index (χ3v) is 13.1. The molecule has 1 unspecified atom stereocenters. The largest absolute Gasteiger partial charge is 0.493 e. The van der Waals surface area contributed by atoms with Gasteiger partial charge in [0.15, 0.2) is 19.8 Å². The molecular weight excluding hydrogens is 488 g/mol. The van der Waals surface area contributed by atoms with Crippen LogP contribution < -0.4 is 9.47 Å². The van der Waals surface area contributed by atoms with E-state index in [1.807, 2.05) is 18.2 Å². The fourth-order valence-electron chi connectivity index (χ4n) is 3.77. The van der Waals surface area contributed by atoms with Crippen molar-refractivity contribution in [2.45, 2.75) is 81.2 Å². The van der Waals surface area contributed by atoms with E-state index in [9.17, 15) is 4.79 Å². The van der Waals surface area contributed by atoms with Gasteiger partial charge >= 0.3 is 5.97 Å². The summed E-state index contributed by atoms with van der Waals surface area (Å²) in [6, 6.07) is 14.0. The number of hydrogen-bond acceptors (Lipinski definition) is 6. The molecule has 1 atom stereocenters. The van der Waals surface area contributed by atoms with Gasteiger partial charge in [0.1, 0.15) is 4.75 Å². The lowest BCUT2D eigenvalue weighted by molar-refractivity contribution is -0.144. The summed E-state index contributed by atoms with van der Waals surface area (Å²) in [6.07, 6.45) is 3.43. The summed E-state index contributed by atoms with van der Waals surface area (Å²) in [7, 11) is 2.92. The first-order valence-corrected chi connectivity index (χ1v) is 16.3. The first-order valence-electron chi connectivity index (χ1n) is 12.6. The number of ether oxygens (including phenoxy) is 3. The van der Waals surface area contributed by atoms with E-state index in [0.717, 1.165) is 36.3 Å². The van der Waals surface area contributed by atoms with Gasteiger partial charge in [-0.2, -0.15) is 0 Å². The van der Waals surface area contributed by atoms with Crippen molar-refractivity contribution in [3.63, 3.8) is 0 Å². The Kier molecular flexibility index (Phi) is 10.9. The van der Waals surface area contributed by atoms with E-state index >= 15 is 0 Å². The van der Waals surface area contributed by atoms with Crippen LogP contribution in [0, 0.1) is 6.92 Å². The van der Waals surface area contributed by atoms with Crippen LogP contribution in [0.2, 0.25) is 18.1 Å². The Labute approximate surface area is 223 Å². The zero-order valence-electron chi connectivity index (χ0n) is 23.5. The average molecular weight is 533 g/mol. The van der Waals surface area contributed by atoms with Gasteiger partial charge in [-0.15, -0.1) is 11.8 Å². The van der Waals surface area contributed by atoms with E-state index in [2.05, 4.69) is 65.1 Å². The molecule has 0 aliphatic carbocycles. The van der Waals surface area contributed by atoms with Gasteiger partial charge in [-0.25, -0.2) is 0 Å². The van der Waals surface area contributed by atoms with Crippen molar-refractivity contribution in [1.29, 1.82) is 0 Å². The molecule has 200 valence electrons. The minimum atomic E-state index is -1.76. The van der Waals surface area contributed by atoms with Crippen molar-refractivity contribution in [3.8, 4) is 11.5 Å². The molecule has 0 heterocycles. The highest BCUT2D eigenvalue weighted by Gasteiger charge is 2.43. The van der Waals surface area contributed by atoms with E-state index in [1.54, 1.807) is 14.2 Å². The summed E-state index contributed by atoms with van der Waals surface area (Å²) in [5.74, 6) is 0.955. The topological polar surface area (TPSA) is 54.0 Å². The number of carbonyl (C=O) groups is 1. The highest BCUT2D eigenvalue weighted by Crippen LogP contribution is 2.48. The maximum Gasteiger partial charge on any atom is 0.326 e. The monoisotopic (exact) mass is 532 g/mol. The maximum absolute atomic E-state index is 13.5. The Bertz CT molecular complexity index is 984. The number of rotatable bonds is 13. The van der Waals surface area contributed by atoms with Crippen LogP contribution in [-0.4, -0.2) is 42.2 Å². The second-order valence-electron chi connectivity index (χ2n) is 10.7. The molecule has 0 aliphatic heterocycles. The summed E-state index contributed by atoms with van der Waals surface area (Å²) in [5.41, 5.74) is 2.02. The first-order chi connectivity index (χ1) is 16.9. The van der Waals surface area contributed by atoms with Crippen molar-refractivity contribution < 1.29 is 23.4 Å². The predicted molar refractivity (Wildman–Crippen MR) is 152 cm³/mol. The molecule has 0 N–H and O–H groups in total. The van der Waals surface area contributed by atoms with Gasteiger partial charge in [0, 0.05) is 11.5 Å². The number of benzene rings is 2. The van der Waals surface area contributed by atoms with Crippen LogP contribution in [0.4, 0.5) is 0 Å². The normalized spacial score (nSPS) is 13.7. The highest BCUT2D eigenvalue weighted by atomic mass is 32.2. The van der Waals surface area contributed by atoms with Crippen molar-refractivity contribution in [1.82, 2.24) is 0 Å². The van der Waals surface area contributed by atoms with Crippen LogP contribution in [-0.2, 0) is 18.7 Å². The smallest absolute Gasteiger partial charge is 0.326 e. The average Bonchev–Trinajstić information content (AvgIpc) is 2.84. The number of methoxy groups -OCH3 is 3. The molecule has 2 rings (SSSR count). The molecule has 0 bridgehead atoms. The molecule has 0 spiro atoms. The molecule has 0 saturated carbocycles. The van der Waals surface area contributed by atoms with Crippen LogP contribution in [0.1, 0.15) is 57.6 Å². The van der Waals surface area contributed by atoms with Crippen LogP contribution in [0.3, 0.4) is 0 Å². The number of aryl methyl sites for hydroxylation is 1. The standard InChI is InChI=1S/C29H44O5SSi/c1-22-13-16-24(17-14-22)35-29(27(30)33-7,23-15-18-25(31-5)26(21-23)32-6)19-11-10-12-20-34-36(8,9)28(2,3)4/h13-18,21H,10-12,19-20H2,1-9H3. The number of thioether (sulfide) groups is 1. The van der Waals surface area contributed by atoms with Crippen molar-refractivity contribution in [2.24, 2.45) is 0 Å². The lowest BCUT2D eigenvalue weighted by atomic mass is 9.91. The van der Waals surface area contributed by atoms with E-state index < -0.39 is 13.1 Å². The highest BCUT2D eigenvalue weighted by molar-refractivity contribution is 8.01. The SMILES string of the molecule is COC(=O)C(CCCCCO[Si](C)(C)C(C)(C)C)(Sc1ccc(C)cc1)c1ccc(OC)c(OC)c1. The molecule has 36 heavy (non-hydrogen) atoms. The molecule has 0 aliphatic rings. The Morgan fingerprint density at radius 2 is 1.53 bits per heavy atom. The van der Waals surface area contributed by atoms with Gasteiger partial charge < -0.3 is 18.6 Å². The first kappa shape index (κ1) is 30.3. The van der Waals surface area contributed by atoms with Gasteiger partial charge in [-0.05, 0) is 67.7 Å². The predicted octanol–water partition coefficient (Wildman–Crippen LogP) is 7.76. The number of unbranched alkanes of at least 4 members (excludes halogenated alkanes) is 2. The lowest BCUT2D eigenvalue weighted by Crippen LogP contribution is -2.40. The van der Waals surface area contributed by atoms with Gasteiger partial charge in [-0.3, -0.25) is 4.79 Å². The van der Waals surface area contributed by atoms with Crippen LogP contribution >= 0.6 is 11.8 Å². The fourth-order valence-corrected chi connectivity index (χ4v) is 6.19. The molecule has 0 fully saturated rings. The minimum absolute atomic E-state index is 0.200. The molecule has 2 aromatic carbocycles. The number of esters is 1. The third-order valence-electron chi connectivity index (χ3n) is 7.12. The second kappa shape index (κ2) is 13.0. The van der Waals surface area contributed by atoms with E-state index in [4.69, 9.17) is 18.6 Å². The van der Waals surface area contributed by atoms with E-state index in [-0.39, 0.29) is 11.0 Å². The van der Waals surface area contributed by atoms with Crippen molar-refractivity contribution >= 4 is 26.0 Å². The molecule has 0 amide bonds. The molecule has 7 heteroatoms. The van der Waals surface area contributed by atoms with Gasteiger partial charge in [0.05, 0.1) is 21.3 Å². The van der Waals surface area contributed by atoms with E-state index in [0.29, 0.717) is 17.9 Å². The number of carbonyl (C=O) groups excluding carboxylic acids is 1. The molecule has 0 radical (unpaired) electrons. The zero-order chi connectivity index (χ0) is 27.0. The van der Waals surface area contributed by atoms with Crippen molar-refractivity contribution in [3.05, 3.63) is 53.6 Å². The van der Waals surface area contributed by atoms with E-state index in [1.165, 1.54) is 24.4 Å². The Morgan fingerprint density at radius 1 is 0.889 bits per heavy atom. The summed E-state index contributed by atoms with van der Waals surface area (Å²) < 4.78 is 21.9. The lowest BCUT2D eigenvalue weighted by Gasteiger charge is -2.36. The van der Waals surface area contributed by atoms with Gasteiger partial charge in [0.2, 0.25) is 0 Å². The quantitative estimate of drug-likeness (QED) is 0.114. The molecule has 0 aromatic heterocycles. The second-order valence-corrected chi connectivity index (χ2v) is 16.9. The third kappa shape index (κ3) is 7.53. The minimum Gasteiger partial charge on any atom is -0.493 e. The van der Waals surface area contributed by atoms with Gasteiger partial charge in [-0.1, -0.05) is 57.4 Å². The summed E-state index contributed by atoms with van der Waals surface area (Å²) in [6.45, 7) is 14.2. The van der Waals surface area contributed by atoms with Crippen LogP contribution in [0.15, 0.2) is 47.4 Å². The molecule has 0 saturated heterocycles. The van der Waals surface area contributed by atoms with Gasteiger partial charge in [0.25, 0.3) is 0 Å². The maximum atomic E-state index is 13.5. The Hall–Kier alpha value is -1.96. The number of hydrogen-bond donors (Lipinski definition) is 0. The zero-order valence-corrected chi connectivity index (χ0v) is 25.3. The fraction of sp³-hybridized carbons (Fsp3) is 0.552. The summed E-state index contributed by atoms with van der Waals surface area (Å²) in [5, 5.41) is 0.200. The Morgan fingerprint density at radius 3 is 2.08 bits per heavy atom.